The van der Waals surface area contributed by atoms with Gasteiger partial charge in [-0.05, 0) is 15.0 Å². The first-order valence-electron chi connectivity index (χ1n) is 4.12. The summed E-state index contributed by atoms with van der Waals surface area (Å²) < 4.78 is 0. The monoisotopic (exact) mass is 283 g/mol. The summed E-state index contributed by atoms with van der Waals surface area (Å²) in [7, 11) is 3.52. The Morgan fingerprint density at radius 3 is 2.71 bits per heavy atom. The van der Waals surface area contributed by atoms with E-state index in [2.05, 4.69) is 10.7 Å². The fourth-order valence-corrected chi connectivity index (χ4v) is 2.25. The van der Waals surface area contributed by atoms with Gasteiger partial charge in [-0.1, -0.05) is 0 Å². The van der Waals surface area contributed by atoms with Crippen LogP contribution in [0.1, 0.15) is 6.42 Å². The van der Waals surface area contributed by atoms with Crippen molar-refractivity contribution in [3.63, 3.8) is 0 Å². The van der Waals surface area contributed by atoms with E-state index < -0.39 is 0 Å². The maximum Gasteiger partial charge on any atom is 0.252 e. The molecule has 14 heavy (non-hydrogen) atoms. The number of halogens is 1. The second-order valence-electron chi connectivity index (χ2n) is 3.11. The van der Waals surface area contributed by atoms with Crippen LogP contribution >= 0.6 is 25.6 Å². The Balaban J connectivity index is 0.00000169. The number of rotatable bonds is 3. The van der Waals surface area contributed by atoms with E-state index in [0.717, 1.165) is 6.42 Å². The molecule has 0 aromatic rings. The van der Waals surface area contributed by atoms with Gasteiger partial charge >= 0.3 is 0 Å². The van der Waals surface area contributed by atoms with Crippen LogP contribution in [0.25, 0.3) is 0 Å². The second kappa shape index (κ2) is 6.32. The lowest BCUT2D eigenvalue weighted by Gasteiger charge is -2.13. The lowest BCUT2D eigenvalue weighted by Crippen LogP contribution is -2.34. The fraction of sp³-hybridized carbons (Fsp3) is 0.714. The van der Waals surface area contributed by atoms with Crippen molar-refractivity contribution in [3.8, 4) is 0 Å². The van der Waals surface area contributed by atoms with Crippen molar-refractivity contribution >= 4 is 37.1 Å². The standard InChI is InChI=1S/C7H14N3O2P.BrH/c1-10(2)9-7(12)13-5-3-4-8-6(5)11;/h5,13H,3-4H2,1-2H3,(H,8,11)(H,9,12);1H. The van der Waals surface area contributed by atoms with E-state index in [9.17, 15) is 9.59 Å². The minimum Gasteiger partial charge on any atom is -0.356 e. The summed E-state index contributed by atoms with van der Waals surface area (Å²) in [5, 5.41) is 4.29. The average Bonchev–Trinajstić information content (AvgIpc) is 2.34. The molecule has 1 fully saturated rings. The molecule has 1 rings (SSSR count). The van der Waals surface area contributed by atoms with Crippen LogP contribution in [-0.2, 0) is 4.79 Å². The van der Waals surface area contributed by atoms with Crippen LogP contribution in [0, 0.1) is 0 Å². The molecule has 1 heterocycles. The SMILES string of the molecule is Br.CN(C)NC(=O)PC1CCNC1=O. The Morgan fingerprint density at radius 1 is 1.64 bits per heavy atom. The summed E-state index contributed by atoms with van der Waals surface area (Å²) in [6, 6.07) is 0. The number of hydrogen-bond donors (Lipinski definition) is 2. The molecule has 1 saturated heterocycles. The zero-order valence-electron chi connectivity index (χ0n) is 8.16. The third-order valence-electron chi connectivity index (χ3n) is 1.68. The highest BCUT2D eigenvalue weighted by Gasteiger charge is 2.26. The van der Waals surface area contributed by atoms with Gasteiger partial charge < -0.3 is 5.32 Å². The lowest BCUT2D eigenvalue weighted by atomic mass is 10.4. The normalized spacial score (nSPS) is 21.1. The molecular weight excluding hydrogens is 269 g/mol. The highest BCUT2D eigenvalue weighted by Crippen LogP contribution is 2.25. The van der Waals surface area contributed by atoms with Crippen molar-refractivity contribution in [2.45, 2.75) is 12.1 Å². The van der Waals surface area contributed by atoms with Gasteiger partial charge in [-0.25, -0.2) is 5.01 Å². The van der Waals surface area contributed by atoms with Crippen LogP contribution in [0.2, 0.25) is 0 Å². The number of hydrazine groups is 1. The third-order valence-corrected chi connectivity index (χ3v) is 2.95. The molecule has 0 aromatic heterocycles. The molecule has 0 aromatic carbocycles. The molecule has 2 atom stereocenters. The number of nitrogens with zero attached hydrogens (tertiary/aromatic N) is 1. The minimum atomic E-state index is -0.111. The van der Waals surface area contributed by atoms with Gasteiger partial charge in [0.2, 0.25) is 5.91 Å². The summed E-state index contributed by atoms with van der Waals surface area (Å²) >= 11 is 0. The molecule has 0 aliphatic carbocycles. The van der Waals surface area contributed by atoms with Crippen molar-refractivity contribution in [1.82, 2.24) is 15.8 Å². The van der Waals surface area contributed by atoms with Crippen molar-refractivity contribution in [3.05, 3.63) is 0 Å². The minimum absolute atomic E-state index is 0. The van der Waals surface area contributed by atoms with Gasteiger partial charge in [-0.2, -0.15) is 0 Å². The Morgan fingerprint density at radius 2 is 2.29 bits per heavy atom. The van der Waals surface area contributed by atoms with Gasteiger partial charge in [0.25, 0.3) is 5.65 Å². The summed E-state index contributed by atoms with van der Waals surface area (Å²) in [6.45, 7) is 0.700. The Hall–Kier alpha value is -0.190. The van der Waals surface area contributed by atoms with Crippen molar-refractivity contribution in [1.29, 1.82) is 0 Å². The van der Waals surface area contributed by atoms with Gasteiger partial charge in [-0.3, -0.25) is 15.0 Å². The largest absolute Gasteiger partial charge is 0.356 e. The quantitative estimate of drug-likeness (QED) is 0.579. The zero-order chi connectivity index (χ0) is 9.84. The van der Waals surface area contributed by atoms with E-state index in [-0.39, 0.29) is 42.8 Å². The molecule has 2 unspecified atom stereocenters. The first kappa shape index (κ1) is 13.8. The van der Waals surface area contributed by atoms with Crippen molar-refractivity contribution in [2.24, 2.45) is 0 Å². The van der Waals surface area contributed by atoms with Gasteiger partial charge in [-0.15, -0.1) is 17.0 Å². The van der Waals surface area contributed by atoms with E-state index in [4.69, 9.17) is 0 Å². The number of amides is 2. The Labute approximate surface area is 95.5 Å². The van der Waals surface area contributed by atoms with Gasteiger partial charge in [0.15, 0.2) is 0 Å². The molecule has 0 bridgehead atoms. The van der Waals surface area contributed by atoms with E-state index in [1.54, 1.807) is 19.1 Å². The first-order valence-corrected chi connectivity index (χ1v) is 5.19. The summed E-state index contributed by atoms with van der Waals surface area (Å²) in [5.41, 5.74) is 2.43. The van der Waals surface area contributed by atoms with Gasteiger partial charge in [0.1, 0.15) is 0 Å². The van der Waals surface area contributed by atoms with Gasteiger partial charge in [0.05, 0.1) is 5.66 Å². The van der Waals surface area contributed by atoms with Crippen molar-refractivity contribution < 1.29 is 9.59 Å². The summed E-state index contributed by atoms with van der Waals surface area (Å²) in [6.07, 6.45) is 0.776. The molecule has 1 aliphatic heterocycles. The van der Waals surface area contributed by atoms with Crippen LogP contribution in [0.4, 0.5) is 4.79 Å². The van der Waals surface area contributed by atoms with Crippen LogP contribution in [0.5, 0.6) is 0 Å². The number of carbonyl (C=O) groups is 2. The topological polar surface area (TPSA) is 61.4 Å². The van der Waals surface area contributed by atoms with E-state index in [0.29, 0.717) is 6.54 Å². The van der Waals surface area contributed by atoms with Crippen LogP contribution in [-0.4, -0.2) is 42.9 Å². The van der Waals surface area contributed by atoms with E-state index in [1.165, 1.54) is 0 Å². The molecule has 0 spiro atoms. The highest BCUT2D eigenvalue weighted by atomic mass is 79.9. The molecule has 82 valence electrons. The number of carbonyl (C=O) groups excluding carboxylic acids is 2. The molecule has 2 N–H and O–H groups in total. The lowest BCUT2D eigenvalue weighted by molar-refractivity contribution is -0.118. The fourth-order valence-electron chi connectivity index (χ4n) is 1.13. The highest BCUT2D eigenvalue weighted by molar-refractivity contribution is 8.93. The second-order valence-corrected chi connectivity index (χ2v) is 4.55. The zero-order valence-corrected chi connectivity index (χ0v) is 10.9. The van der Waals surface area contributed by atoms with Crippen LogP contribution in [0.15, 0.2) is 0 Å². The van der Waals surface area contributed by atoms with E-state index >= 15 is 0 Å². The number of nitrogens with one attached hydrogen (secondary N) is 2. The molecule has 0 saturated carbocycles. The van der Waals surface area contributed by atoms with Crippen LogP contribution in [0.3, 0.4) is 0 Å². The third kappa shape index (κ3) is 4.35. The molecule has 2 amide bonds. The molecule has 0 radical (unpaired) electrons. The van der Waals surface area contributed by atoms with Crippen LogP contribution < -0.4 is 10.7 Å². The van der Waals surface area contributed by atoms with Gasteiger partial charge in [0, 0.05) is 20.6 Å². The Bertz CT molecular complexity index is 225. The molecule has 1 aliphatic rings. The smallest absolute Gasteiger partial charge is 0.252 e. The Kier molecular flexibility index (Phi) is 6.24. The van der Waals surface area contributed by atoms with E-state index in [1.807, 2.05) is 0 Å². The molecule has 7 heteroatoms. The first-order chi connectivity index (χ1) is 6.09. The summed E-state index contributed by atoms with van der Waals surface area (Å²) in [5.74, 6) is 0.00670. The van der Waals surface area contributed by atoms with Crippen molar-refractivity contribution in [2.75, 3.05) is 20.6 Å². The number of hydrogen-bond acceptors (Lipinski definition) is 3. The predicted octanol–water partition coefficient (Wildman–Crippen LogP) is 0.317. The molecule has 5 nitrogen and oxygen atoms in total. The molecular formula is C7H15BrN3O2P. The average molecular weight is 284 g/mol. The maximum absolute atomic E-state index is 11.2. The maximum atomic E-state index is 11.2. The summed E-state index contributed by atoms with van der Waals surface area (Å²) in [4.78, 5) is 22.3. The predicted molar refractivity (Wildman–Crippen MR) is 62.3 cm³/mol.